The van der Waals surface area contributed by atoms with E-state index in [0.717, 1.165) is 50.5 Å². The van der Waals surface area contributed by atoms with Crippen molar-refractivity contribution >= 4 is 5.91 Å². The first-order chi connectivity index (χ1) is 8.75. The Kier molecular flexibility index (Phi) is 3.03. The molecule has 0 bridgehead atoms. The second-order valence-electron chi connectivity index (χ2n) is 5.13. The Hall–Kier alpha value is -1.43. The van der Waals surface area contributed by atoms with Crippen LogP contribution in [0.4, 0.5) is 0 Å². The second kappa shape index (κ2) is 4.68. The fourth-order valence-corrected chi connectivity index (χ4v) is 2.36. The molecule has 1 aliphatic carbocycles. The monoisotopic (exact) mass is 249 g/mol. The average Bonchev–Trinajstić information content (AvgIpc) is 3.15. The summed E-state index contributed by atoms with van der Waals surface area (Å²) in [5, 5.41) is 14.8. The minimum Gasteiger partial charge on any atom is -0.346 e. The van der Waals surface area contributed by atoms with Crippen molar-refractivity contribution in [2.45, 2.75) is 38.8 Å². The summed E-state index contributed by atoms with van der Waals surface area (Å²) in [5.41, 5.74) is 0. The molecule has 1 atom stereocenters. The van der Waals surface area contributed by atoms with Crippen LogP contribution in [0.3, 0.4) is 0 Å². The number of aromatic nitrogens is 3. The third kappa shape index (κ3) is 2.25. The van der Waals surface area contributed by atoms with Crippen LogP contribution in [0, 0.1) is 5.92 Å². The number of rotatable bonds is 3. The van der Waals surface area contributed by atoms with Crippen LogP contribution >= 0.6 is 0 Å². The molecule has 0 spiro atoms. The molecule has 2 N–H and O–H groups in total. The Morgan fingerprint density at radius 2 is 2.28 bits per heavy atom. The van der Waals surface area contributed by atoms with Crippen LogP contribution in [0.1, 0.15) is 37.5 Å². The summed E-state index contributed by atoms with van der Waals surface area (Å²) < 4.78 is 2.14. The Labute approximate surface area is 106 Å². The van der Waals surface area contributed by atoms with Gasteiger partial charge >= 0.3 is 0 Å². The van der Waals surface area contributed by atoms with Gasteiger partial charge in [0.15, 0.2) is 5.82 Å². The number of hydrogen-bond donors (Lipinski definition) is 2. The standard InChI is InChI=1S/C12H19N5O/c1-8(14-12(18)9-2-3-9)11-16-15-10-4-5-13-6-7-17(10)11/h8-9,13H,2-7H2,1H3,(H,14,18). The van der Waals surface area contributed by atoms with E-state index in [0.29, 0.717) is 0 Å². The third-order valence-corrected chi connectivity index (χ3v) is 3.59. The lowest BCUT2D eigenvalue weighted by molar-refractivity contribution is -0.123. The number of carbonyl (C=O) groups is 1. The molecule has 2 heterocycles. The van der Waals surface area contributed by atoms with E-state index < -0.39 is 0 Å². The van der Waals surface area contributed by atoms with Crippen LogP contribution in [-0.4, -0.2) is 33.8 Å². The van der Waals surface area contributed by atoms with E-state index >= 15 is 0 Å². The van der Waals surface area contributed by atoms with Gasteiger partial charge in [0.25, 0.3) is 0 Å². The van der Waals surface area contributed by atoms with Crippen molar-refractivity contribution in [2.24, 2.45) is 5.92 Å². The zero-order chi connectivity index (χ0) is 12.5. The molecule has 1 fully saturated rings. The number of amides is 1. The van der Waals surface area contributed by atoms with Crippen molar-refractivity contribution in [3.63, 3.8) is 0 Å². The van der Waals surface area contributed by atoms with Crippen molar-refractivity contribution in [2.75, 3.05) is 13.1 Å². The lowest BCUT2D eigenvalue weighted by Crippen LogP contribution is -2.30. The maximum absolute atomic E-state index is 11.8. The Morgan fingerprint density at radius 1 is 1.44 bits per heavy atom. The quantitative estimate of drug-likeness (QED) is 0.791. The molecule has 6 nitrogen and oxygen atoms in total. The summed E-state index contributed by atoms with van der Waals surface area (Å²) in [6.45, 7) is 4.74. The SMILES string of the molecule is CC(NC(=O)C1CC1)c1nnc2n1CCNCC2. The third-order valence-electron chi connectivity index (χ3n) is 3.59. The lowest BCUT2D eigenvalue weighted by atomic mass is 10.2. The van der Waals surface area contributed by atoms with Gasteiger partial charge in [-0.3, -0.25) is 4.79 Å². The topological polar surface area (TPSA) is 71.8 Å². The Morgan fingerprint density at radius 3 is 3.06 bits per heavy atom. The fraction of sp³-hybridized carbons (Fsp3) is 0.750. The van der Waals surface area contributed by atoms with Crippen LogP contribution < -0.4 is 10.6 Å². The van der Waals surface area contributed by atoms with Gasteiger partial charge in [-0.15, -0.1) is 10.2 Å². The van der Waals surface area contributed by atoms with Gasteiger partial charge in [0, 0.05) is 32.0 Å². The van der Waals surface area contributed by atoms with Crippen molar-refractivity contribution < 1.29 is 4.79 Å². The second-order valence-corrected chi connectivity index (χ2v) is 5.13. The highest BCUT2D eigenvalue weighted by Gasteiger charge is 2.31. The number of fused-ring (bicyclic) bond motifs is 1. The van der Waals surface area contributed by atoms with Gasteiger partial charge in [0.1, 0.15) is 5.82 Å². The van der Waals surface area contributed by atoms with E-state index in [1.807, 2.05) is 6.92 Å². The molecule has 18 heavy (non-hydrogen) atoms. The number of carbonyl (C=O) groups excluding carboxylic acids is 1. The summed E-state index contributed by atoms with van der Waals surface area (Å²) in [6, 6.07) is -0.0579. The maximum Gasteiger partial charge on any atom is 0.223 e. The summed E-state index contributed by atoms with van der Waals surface area (Å²) >= 11 is 0. The van der Waals surface area contributed by atoms with E-state index in [4.69, 9.17) is 0 Å². The summed E-state index contributed by atoms with van der Waals surface area (Å²) in [6.07, 6.45) is 2.96. The zero-order valence-electron chi connectivity index (χ0n) is 10.6. The molecule has 0 saturated heterocycles. The zero-order valence-corrected chi connectivity index (χ0v) is 10.6. The van der Waals surface area contributed by atoms with Gasteiger partial charge < -0.3 is 15.2 Å². The van der Waals surface area contributed by atoms with Gasteiger partial charge in [-0.05, 0) is 19.8 Å². The van der Waals surface area contributed by atoms with Crippen molar-refractivity contribution in [1.82, 2.24) is 25.4 Å². The molecule has 6 heteroatoms. The fourth-order valence-electron chi connectivity index (χ4n) is 2.36. The Bertz CT molecular complexity index is 451. The maximum atomic E-state index is 11.8. The lowest BCUT2D eigenvalue weighted by Gasteiger charge is -2.14. The van der Waals surface area contributed by atoms with E-state index in [1.165, 1.54) is 0 Å². The molecule has 1 amide bonds. The molecule has 1 aromatic heterocycles. The number of nitrogens with zero attached hydrogens (tertiary/aromatic N) is 3. The predicted octanol–water partition coefficient (Wildman–Crippen LogP) is 0.0110. The summed E-state index contributed by atoms with van der Waals surface area (Å²) in [7, 11) is 0. The molecule has 1 saturated carbocycles. The molecule has 0 aromatic carbocycles. The summed E-state index contributed by atoms with van der Waals surface area (Å²) in [5.74, 6) is 2.29. The normalized spacial score (nSPS) is 20.9. The van der Waals surface area contributed by atoms with Crippen LogP contribution in [0.2, 0.25) is 0 Å². The first-order valence-corrected chi connectivity index (χ1v) is 6.69. The predicted molar refractivity (Wildman–Crippen MR) is 65.9 cm³/mol. The number of hydrogen-bond acceptors (Lipinski definition) is 4. The van der Waals surface area contributed by atoms with Gasteiger partial charge in [-0.1, -0.05) is 0 Å². The van der Waals surface area contributed by atoms with Crippen LogP contribution in [-0.2, 0) is 17.8 Å². The molecule has 98 valence electrons. The van der Waals surface area contributed by atoms with Crippen LogP contribution in [0.15, 0.2) is 0 Å². The van der Waals surface area contributed by atoms with Gasteiger partial charge in [-0.2, -0.15) is 0 Å². The van der Waals surface area contributed by atoms with Crippen molar-refractivity contribution in [1.29, 1.82) is 0 Å². The minimum atomic E-state index is -0.0579. The highest BCUT2D eigenvalue weighted by atomic mass is 16.2. The molecule has 1 unspecified atom stereocenters. The molecule has 3 rings (SSSR count). The van der Waals surface area contributed by atoms with Gasteiger partial charge in [0.05, 0.1) is 6.04 Å². The highest BCUT2D eigenvalue weighted by Crippen LogP contribution is 2.29. The summed E-state index contributed by atoms with van der Waals surface area (Å²) in [4.78, 5) is 11.8. The van der Waals surface area contributed by atoms with E-state index in [1.54, 1.807) is 0 Å². The Balaban J connectivity index is 1.74. The molecule has 1 aliphatic heterocycles. The molecular weight excluding hydrogens is 230 g/mol. The van der Waals surface area contributed by atoms with E-state index in [-0.39, 0.29) is 17.9 Å². The van der Waals surface area contributed by atoms with Crippen LogP contribution in [0.25, 0.3) is 0 Å². The van der Waals surface area contributed by atoms with Gasteiger partial charge in [0.2, 0.25) is 5.91 Å². The first kappa shape index (κ1) is 11.6. The highest BCUT2D eigenvalue weighted by molar-refractivity contribution is 5.81. The molecular formula is C12H19N5O. The first-order valence-electron chi connectivity index (χ1n) is 6.69. The minimum absolute atomic E-state index is 0.0579. The average molecular weight is 249 g/mol. The van der Waals surface area contributed by atoms with E-state index in [2.05, 4.69) is 25.4 Å². The van der Waals surface area contributed by atoms with Crippen molar-refractivity contribution in [3.8, 4) is 0 Å². The van der Waals surface area contributed by atoms with E-state index in [9.17, 15) is 4.79 Å². The molecule has 0 radical (unpaired) electrons. The van der Waals surface area contributed by atoms with Crippen LogP contribution in [0.5, 0.6) is 0 Å². The number of nitrogens with one attached hydrogen (secondary N) is 2. The van der Waals surface area contributed by atoms with Gasteiger partial charge in [-0.25, -0.2) is 0 Å². The molecule has 2 aliphatic rings. The smallest absolute Gasteiger partial charge is 0.223 e. The van der Waals surface area contributed by atoms with Crippen molar-refractivity contribution in [3.05, 3.63) is 11.6 Å². The largest absolute Gasteiger partial charge is 0.346 e. The molecule has 1 aromatic rings.